The fraction of sp³-hybridized carbons (Fsp3) is 0.803. The maximum Gasteiger partial charge on any atom is 0.256 e. The molecule has 0 aromatic carbocycles. The Morgan fingerprint density at radius 3 is 1.50 bits per heavy atom. The molecule has 0 radical (unpaired) electrons. The van der Waals surface area contributed by atoms with E-state index in [1.807, 2.05) is 73.5 Å². The minimum atomic E-state index is -1.81. The zero-order chi connectivity index (χ0) is 71.1. The summed E-state index contributed by atoms with van der Waals surface area (Å²) in [5.41, 5.74) is -3.39. The fourth-order valence-electron chi connectivity index (χ4n) is 11.8. The third kappa shape index (κ3) is 22.1. The van der Waals surface area contributed by atoms with Gasteiger partial charge in [0.1, 0.15) is 60.4 Å². The van der Waals surface area contributed by atoms with Crippen LogP contribution >= 0.6 is 11.8 Å². The molecule has 1 saturated carbocycles. The number of carbonyl (C=O) groups excluding carboxylic acids is 11. The van der Waals surface area contributed by atoms with E-state index >= 15 is 28.8 Å². The lowest BCUT2D eigenvalue weighted by molar-refractivity contribution is -0.157. The molecule has 11 amide bonds. The Balaban J connectivity index is 3.11. The summed E-state index contributed by atoms with van der Waals surface area (Å²) < 4.78 is 0. The highest BCUT2D eigenvalue weighted by Gasteiger charge is 2.62. The summed E-state index contributed by atoms with van der Waals surface area (Å²) in [5.74, 6) is -9.79. The first-order chi connectivity index (χ1) is 42.3. The Kier molecular flexibility index (Phi) is 31.8. The number of nitrogens with one attached hydrogen (secondary N) is 4. The smallest absolute Gasteiger partial charge is 0.256 e. The molecular formula is C66H118N12O13S. The van der Waals surface area contributed by atoms with Gasteiger partial charge in [-0.3, -0.25) is 52.7 Å². The van der Waals surface area contributed by atoms with Gasteiger partial charge in [0.2, 0.25) is 59.1 Å². The first-order valence-corrected chi connectivity index (χ1v) is 33.8. The van der Waals surface area contributed by atoms with Gasteiger partial charge in [-0.2, -0.15) is 0 Å². The second-order valence-electron chi connectivity index (χ2n) is 28.6. The van der Waals surface area contributed by atoms with Gasteiger partial charge in [-0.1, -0.05) is 88.3 Å². The average molecular weight is 1320 g/mol. The predicted molar refractivity (Wildman–Crippen MR) is 358 cm³/mol. The third-order valence-electron chi connectivity index (χ3n) is 17.6. The standard InChI is InChI=1S/C66H118N12O13S/c1-26-28-29-44-35-66(44,91)52-56(82)69-45(27-2)58(84)78(25)64(92-31-30-71(17)18)63(89)75(22)49(36-65(15,16)90)55(81)70-50(40(9)10)61(87)72(19)46(32-37(3)4)54(80)67-42(13)53(79)68-43(14)57(83)73(20)47(33-38(5)6)59(85)74(21)48(34-39(7)8)60(86)76(23)51(41(11)12)62(88)77(52)24/h26,28,37-52,64,90-91H,27,29-36H2,1-25H3,(H,67,80)(H,68,79)(H,69,82)(H,70,81)/b28-26+/t42-,43+,44-,45-,46-,47-,48-,49-,50-,51-,52+,64+,66-/m0/s1. The second kappa shape index (κ2) is 35.6. The summed E-state index contributed by atoms with van der Waals surface area (Å²) in [6, 6.07) is -13.0. The van der Waals surface area contributed by atoms with Gasteiger partial charge in [-0.25, -0.2) is 0 Å². The van der Waals surface area contributed by atoms with E-state index in [9.17, 15) is 34.2 Å². The second-order valence-corrected chi connectivity index (χ2v) is 29.8. The van der Waals surface area contributed by atoms with Gasteiger partial charge >= 0.3 is 0 Å². The number of allylic oxidation sites excluding steroid dienone is 2. The highest BCUT2D eigenvalue weighted by molar-refractivity contribution is 8.00. The minimum Gasteiger partial charge on any atom is -0.390 e. The van der Waals surface area contributed by atoms with Gasteiger partial charge in [-0.15, -0.1) is 11.8 Å². The fourth-order valence-corrected chi connectivity index (χ4v) is 13.2. The van der Waals surface area contributed by atoms with Crippen molar-refractivity contribution in [3.8, 4) is 0 Å². The monoisotopic (exact) mass is 1320 g/mol. The Morgan fingerprint density at radius 2 is 1.03 bits per heavy atom. The number of nitrogens with zero attached hydrogens (tertiary/aromatic N) is 8. The van der Waals surface area contributed by atoms with Crippen LogP contribution in [0.1, 0.15) is 156 Å². The molecule has 1 saturated heterocycles. The number of rotatable bonds is 18. The lowest BCUT2D eigenvalue weighted by atomic mass is 9.94. The Bertz CT molecular complexity index is 2600. The van der Waals surface area contributed by atoms with Crippen LogP contribution in [0.2, 0.25) is 0 Å². The SMILES string of the molecule is C/C=C/C[C@H]1C[C@@]1(O)[C@H]1C(=O)N[C@@H](CC)C(=O)N(C)[C@H](SCCN(C)C)C(=O)N(C)[C@@H](CC(C)(C)O)C(=O)N[C@@H](C(C)C)C(=O)N(C)[C@@H](CC(C)C)C(=O)N[C@@H](C)C(=O)N[C@H](C)C(=O)N(C)[C@@H](CC(C)C)C(=O)N(C)[C@@H](CC(C)C)C(=O)N(C)[C@@H](C(C)C)C(=O)N1C. The zero-order valence-electron chi connectivity index (χ0n) is 60.2. The van der Waals surface area contributed by atoms with Gasteiger partial charge in [-0.05, 0) is 123 Å². The molecule has 2 fully saturated rings. The topological polar surface area (TPSA) is 302 Å². The summed E-state index contributed by atoms with van der Waals surface area (Å²) >= 11 is 1.10. The van der Waals surface area contributed by atoms with E-state index in [-0.39, 0.29) is 56.3 Å². The molecule has 25 nitrogen and oxygen atoms in total. The van der Waals surface area contributed by atoms with Crippen LogP contribution in [0.5, 0.6) is 0 Å². The molecule has 13 atom stereocenters. The molecule has 0 aromatic heterocycles. The lowest BCUT2D eigenvalue weighted by Gasteiger charge is -2.41. The van der Waals surface area contributed by atoms with Gasteiger partial charge < -0.3 is 70.7 Å². The zero-order valence-corrected chi connectivity index (χ0v) is 61.0. The van der Waals surface area contributed by atoms with E-state index in [2.05, 4.69) is 21.3 Å². The Morgan fingerprint density at radius 1 is 0.565 bits per heavy atom. The minimum absolute atomic E-state index is 0.0221. The van der Waals surface area contributed by atoms with Crippen molar-refractivity contribution in [1.29, 1.82) is 0 Å². The normalized spacial score (nSPS) is 29.1. The van der Waals surface area contributed by atoms with Gasteiger partial charge in [0, 0.05) is 68.1 Å². The summed E-state index contributed by atoms with van der Waals surface area (Å²) in [6.45, 7) is 27.7. The molecule has 2 aliphatic rings. The molecule has 2 rings (SSSR count). The van der Waals surface area contributed by atoms with Crippen molar-refractivity contribution in [1.82, 2.24) is 60.5 Å². The van der Waals surface area contributed by atoms with E-state index in [4.69, 9.17) is 0 Å². The summed E-state index contributed by atoms with van der Waals surface area (Å²) in [4.78, 5) is 174. The van der Waals surface area contributed by atoms with Crippen molar-refractivity contribution in [3.63, 3.8) is 0 Å². The van der Waals surface area contributed by atoms with Gasteiger partial charge in [0.15, 0.2) is 5.37 Å². The molecule has 92 heavy (non-hydrogen) atoms. The van der Waals surface area contributed by atoms with Crippen LogP contribution in [0.4, 0.5) is 0 Å². The lowest BCUT2D eigenvalue weighted by Crippen LogP contribution is -2.64. The number of amides is 11. The first-order valence-electron chi connectivity index (χ1n) is 32.7. The van der Waals surface area contributed by atoms with Crippen molar-refractivity contribution in [2.75, 3.05) is 75.7 Å². The number of hydrogen-bond donors (Lipinski definition) is 6. The molecule has 0 spiro atoms. The summed E-state index contributed by atoms with van der Waals surface area (Å²) in [6.07, 6.45) is 4.13. The summed E-state index contributed by atoms with van der Waals surface area (Å²) in [5, 5.41) is 33.6. The quantitative estimate of drug-likeness (QED) is 0.108. The third-order valence-corrected chi connectivity index (χ3v) is 18.8. The van der Waals surface area contributed by atoms with Crippen molar-refractivity contribution >= 4 is 76.7 Å². The largest absolute Gasteiger partial charge is 0.390 e. The Hall–Kier alpha value is -5.86. The maximum atomic E-state index is 15.4. The number of carbonyl (C=O) groups is 11. The molecule has 1 heterocycles. The van der Waals surface area contributed by atoms with Gasteiger partial charge in [0.05, 0.1) is 11.2 Å². The summed E-state index contributed by atoms with van der Waals surface area (Å²) in [7, 11) is 13.5. The van der Waals surface area contributed by atoms with Crippen LogP contribution in [-0.4, -0.2) is 267 Å². The van der Waals surface area contributed by atoms with Crippen LogP contribution in [0.3, 0.4) is 0 Å². The first kappa shape index (κ1) is 82.2. The van der Waals surface area contributed by atoms with Crippen LogP contribution in [-0.2, 0) is 52.7 Å². The van der Waals surface area contributed by atoms with Crippen LogP contribution in [0.15, 0.2) is 12.2 Å². The highest BCUT2D eigenvalue weighted by Crippen LogP contribution is 2.50. The maximum absolute atomic E-state index is 15.4. The highest BCUT2D eigenvalue weighted by atomic mass is 32.2. The average Bonchev–Trinajstić information content (AvgIpc) is 1.57. The van der Waals surface area contributed by atoms with E-state index in [0.29, 0.717) is 18.7 Å². The van der Waals surface area contributed by atoms with Crippen molar-refractivity contribution in [2.45, 2.75) is 233 Å². The number of thioether (sulfide) groups is 1. The molecule has 0 bridgehead atoms. The van der Waals surface area contributed by atoms with Crippen molar-refractivity contribution in [2.24, 2.45) is 35.5 Å². The number of likely N-dealkylation sites (N-methyl/N-ethyl adjacent to an activating group) is 7. The number of aliphatic hydroxyl groups is 2. The molecule has 0 aromatic rings. The predicted octanol–water partition coefficient (Wildman–Crippen LogP) is 2.76. The van der Waals surface area contributed by atoms with E-state index in [1.165, 1.54) is 102 Å². The van der Waals surface area contributed by atoms with E-state index < -0.39 is 160 Å². The Labute approximate surface area is 554 Å². The van der Waals surface area contributed by atoms with Crippen LogP contribution < -0.4 is 21.3 Å². The molecule has 26 heteroatoms. The van der Waals surface area contributed by atoms with Crippen molar-refractivity contribution < 1.29 is 63.0 Å². The number of hydrogen-bond acceptors (Lipinski definition) is 15. The van der Waals surface area contributed by atoms with Crippen LogP contribution in [0.25, 0.3) is 0 Å². The van der Waals surface area contributed by atoms with Crippen molar-refractivity contribution in [3.05, 3.63) is 12.2 Å². The molecule has 0 unspecified atom stereocenters. The van der Waals surface area contributed by atoms with Crippen LogP contribution in [0, 0.1) is 35.5 Å². The van der Waals surface area contributed by atoms with E-state index in [1.54, 1.807) is 40.7 Å². The molecule has 6 N–H and O–H groups in total. The molecule has 1 aliphatic heterocycles. The van der Waals surface area contributed by atoms with E-state index in [0.717, 1.165) is 21.6 Å². The van der Waals surface area contributed by atoms with Gasteiger partial charge in [0.25, 0.3) is 5.91 Å². The molecular weight excluding hydrogens is 1200 g/mol. The molecule has 1 aliphatic carbocycles. The molecule has 526 valence electrons.